The number of aromatic nitrogens is 3. The summed E-state index contributed by atoms with van der Waals surface area (Å²) in [7, 11) is 1.86. The summed E-state index contributed by atoms with van der Waals surface area (Å²) in [6, 6.07) is 4.03. The molecule has 1 fully saturated rings. The van der Waals surface area contributed by atoms with Gasteiger partial charge in [0.2, 0.25) is 5.91 Å². The Morgan fingerprint density at radius 3 is 3.00 bits per heavy atom. The largest absolute Gasteiger partial charge is 0.373 e. The number of nitrogens with zero attached hydrogens (tertiary/aromatic N) is 3. The fourth-order valence-corrected chi connectivity index (χ4v) is 2.88. The zero-order valence-corrected chi connectivity index (χ0v) is 13.5. The topological polar surface area (TPSA) is 69.0 Å². The van der Waals surface area contributed by atoms with Crippen molar-refractivity contribution >= 4 is 5.91 Å². The van der Waals surface area contributed by atoms with Crippen LogP contribution in [-0.2, 0) is 23.0 Å². The molecule has 6 nitrogen and oxygen atoms in total. The molecule has 2 aromatic heterocycles. The van der Waals surface area contributed by atoms with Gasteiger partial charge in [-0.15, -0.1) is 0 Å². The molecule has 0 aromatic carbocycles. The van der Waals surface area contributed by atoms with Gasteiger partial charge < -0.3 is 10.1 Å². The molecular formula is C17H22N4O2. The number of carbonyl (C=O) groups excluding carboxylic acids is 1. The van der Waals surface area contributed by atoms with Crippen LogP contribution >= 0.6 is 0 Å². The van der Waals surface area contributed by atoms with Crippen LogP contribution in [0.1, 0.15) is 29.3 Å². The normalized spacial score (nSPS) is 20.6. The summed E-state index contributed by atoms with van der Waals surface area (Å²) in [5, 5.41) is 7.18. The van der Waals surface area contributed by atoms with Gasteiger partial charge in [0.15, 0.2) is 0 Å². The van der Waals surface area contributed by atoms with Crippen molar-refractivity contribution in [2.75, 3.05) is 13.2 Å². The van der Waals surface area contributed by atoms with Crippen molar-refractivity contribution in [3.05, 3.63) is 47.5 Å². The van der Waals surface area contributed by atoms with Gasteiger partial charge in [0.25, 0.3) is 0 Å². The number of pyridine rings is 1. The Balaban J connectivity index is 1.54. The highest BCUT2D eigenvalue weighted by Crippen LogP contribution is 2.34. The summed E-state index contributed by atoms with van der Waals surface area (Å²) >= 11 is 0. The molecule has 6 heteroatoms. The van der Waals surface area contributed by atoms with Gasteiger partial charge in [-0.3, -0.25) is 14.5 Å². The second kappa shape index (κ2) is 6.91. The first-order valence-corrected chi connectivity index (χ1v) is 7.93. The standard InChI is InChI=1S/C17H22N4O2/c1-12-3-4-13(9-19-12)5-7-18-17(22)15-6-8-23-16(15)14-10-20-21(2)11-14/h3-4,9-11,15-16H,5-8H2,1-2H3,(H,18,22)/t15-,16+/m0/s1. The van der Waals surface area contributed by atoms with E-state index in [1.54, 1.807) is 10.9 Å². The third kappa shape index (κ3) is 3.76. The van der Waals surface area contributed by atoms with Gasteiger partial charge >= 0.3 is 0 Å². The molecule has 0 radical (unpaired) electrons. The van der Waals surface area contributed by atoms with Crippen molar-refractivity contribution in [2.24, 2.45) is 13.0 Å². The molecule has 0 saturated carbocycles. The predicted octanol–water partition coefficient (Wildman–Crippen LogP) is 1.56. The molecular weight excluding hydrogens is 292 g/mol. The zero-order chi connectivity index (χ0) is 16.2. The lowest BCUT2D eigenvalue weighted by molar-refractivity contribution is -0.126. The SMILES string of the molecule is Cc1ccc(CCNC(=O)[C@H]2CCO[C@@H]2c2cnn(C)c2)cn1. The molecule has 0 bridgehead atoms. The Morgan fingerprint density at radius 1 is 1.43 bits per heavy atom. The van der Waals surface area contributed by atoms with Gasteiger partial charge in [-0.1, -0.05) is 6.07 Å². The number of hydrogen-bond acceptors (Lipinski definition) is 4. The Bertz CT molecular complexity index is 665. The number of rotatable bonds is 5. The fraction of sp³-hybridized carbons (Fsp3) is 0.471. The molecule has 1 amide bonds. The van der Waals surface area contributed by atoms with Crippen LogP contribution in [0.2, 0.25) is 0 Å². The van der Waals surface area contributed by atoms with Crippen LogP contribution in [0.25, 0.3) is 0 Å². The number of hydrogen-bond donors (Lipinski definition) is 1. The maximum absolute atomic E-state index is 12.4. The first-order valence-electron chi connectivity index (χ1n) is 7.93. The molecule has 3 heterocycles. The second-order valence-electron chi connectivity index (χ2n) is 5.98. The van der Waals surface area contributed by atoms with Crippen LogP contribution in [0.5, 0.6) is 0 Å². The Kier molecular flexibility index (Phi) is 4.71. The van der Waals surface area contributed by atoms with Crippen molar-refractivity contribution in [1.29, 1.82) is 0 Å². The van der Waals surface area contributed by atoms with Crippen LogP contribution in [0.3, 0.4) is 0 Å². The quantitative estimate of drug-likeness (QED) is 0.909. The molecule has 1 saturated heterocycles. The van der Waals surface area contributed by atoms with E-state index in [4.69, 9.17) is 4.74 Å². The number of carbonyl (C=O) groups is 1. The van der Waals surface area contributed by atoms with Gasteiger partial charge in [-0.25, -0.2) is 0 Å². The minimum absolute atomic E-state index is 0.0522. The number of amides is 1. The number of ether oxygens (including phenoxy) is 1. The van der Waals surface area contributed by atoms with E-state index in [9.17, 15) is 4.79 Å². The monoisotopic (exact) mass is 314 g/mol. The van der Waals surface area contributed by atoms with E-state index in [1.165, 1.54) is 0 Å². The number of aryl methyl sites for hydroxylation is 2. The van der Waals surface area contributed by atoms with E-state index in [0.717, 1.165) is 29.7 Å². The van der Waals surface area contributed by atoms with Crippen molar-refractivity contribution in [1.82, 2.24) is 20.1 Å². The predicted molar refractivity (Wildman–Crippen MR) is 85.7 cm³/mol. The smallest absolute Gasteiger partial charge is 0.226 e. The van der Waals surface area contributed by atoms with Crippen molar-refractivity contribution in [2.45, 2.75) is 25.9 Å². The van der Waals surface area contributed by atoms with Crippen LogP contribution in [0.4, 0.5) is 0 Å². The van der Waals surface area contributed by atoms with Gasteiger partial charge in [0, 0.05) is 43.9 Å². The van der Waals surface area contributed by atoms with Crippen LogP contribution in [-0.4, -0.2) is 33.8 Å². The lowest BCUT2D eigenvalue weighted by Gasteiger charge is -2.17. The van der Waals surface area contributed by atoms with Gasteiger partial charge in [-0.05, 0) is 31.4 Å². The van der Waals surface area contributed by atoms with E-state index >= 15 is 0 Å². The summed E-state index contributed by atoms with van der Waals surface area (Å²) in [5.41, 5.74) is 3.09. The maximum atomic E-state index is 12.4. The molecule has 3 rings (SSSR count). The van der Waals surface area contributed by atoms with E-state index in [0.29, 0.717) is 13.2 Å². The van der Waals surface area contributed by atoms with Crippen molar-refractivity contribution < 1.29 is 9.53 Å². The van der Waals surface area contributed by atoms with Crippen LogP contribution in [0.15, 0.2) is 30.7 Å². The highest BCUT2D eigenvalue weighted by molar-refractivity contribution is 5.79. The molecule has 1 aliphatic rings. The third-order valence-electron chi connectivity index (χ3n) is 4.17. The third-order valence-corrected chi connectivity index (χ3v) is 4.17. The molecule has 0 aliphatic carbocycles. The van der Waals surface area contributed by atoms with Gasteiger partial charge in [0.05, 0.1) is 18.2 Å². The minimum atomic E-state index is -0.190. The molecule has 0 spiro atoms. The van der Waals surface area contributed by atoms with E-state index in [1.807, 2.05) is 38.5 Å². The van der Waals surface area contributed by atoms with Crippen LogP contribution < -0.4 is 5.32 Å². The lowest BCUT2D eigenvalue weighted by Crippen LogP contribution is -2.33. The second-order valence-corrected chi connectivity index (χ2v) is 5.98. The molecule has 1 N–H and O–H groups in total. The Hall–Kier alpha value is -2.21. The summed E-state index contributed by atoms with van der Waals surface area (Å²) in [5.74, 6) is -0.0910. The van der Waals surface area contributed by atoms with E-state index in [-0.39, 0.29) is 17.9 Å². The Morgan fingerprint density at radius 2 is 2.30 bits per heavy atom. The highest BCUT2D eigenvalue weighted by atomic mass is 16.5. The van der Waals surface area contributed by atoms with E-state index in [2.05, 4.69) is 15.4 Å². The van der Waals surface area contributed by atoms with Gasteiger partial charge in [0.1, 0.15) is 0 Å². The average molecular weight is 314 g/mol. The first-order chi connectivity index (χ1) is 11.1. The molecule has 23 heavy (non-hydrogen) atoms. The average Bonchev–Trinajstić information content (AvgIpc) is 3.17. The molecule has 2 atom stereocenters. The molecule has 1 aliphatic heterocycles. The van der Waals surface area contributed by atoms with E-state index < -0.39 is 0 Å². The summed E-state index contributed by atoms with van der Waals surface area (Å²) in [4.78, 5) is 16.7. The van der Waals surface area contributed by atoms with Crippen molar-refractivity contribution in [3.63, 3.8) is 0 Å². The Labute approximate surface area is 135 Å². The van der Waals surface area contributed by atoms with Gasteiger partial charge in [-0.2, -0.15) is 5.10 Å². The molecule has 0 unspecified atom stereocenters. The fourth-order valence-electron chi connectivity index (χ4n) is 2.88. The number of nitrogens with one attached hydrogen (secondary N) is 1. The minimum Gasteiger partial charge on any atom is -0.373 e. The van der Waals surface area contributed by atoms with Crippen molar-refractivity contribution in [3.8, 4) is 0 Å². The van der Waals surface area contributed by atoms with Crippen LogP contribution in [0, 0.1) is 12.8 Å². The first kappa shape index (κ1) is 15.7. The molecule has 122 valence electrons. The molecule has 2 aromatic rings. The summed E-state index contributed by atoms with van der Waals surface area (Å²) in [6.45, 7) is 3.18. The maximum Gasteiger partial charge on any atom is 0.226 e. The highest BCUT2D eigenvalue weighted by Gasteiger charge is 2.35. The lowest BCUT2D eigenvalue weighted by atomic mass is 9.96. The summed E-state index contributed by atoms with van der Waals surface area (Å²) in [6.07, 6.45) is 6.88. The zero-order valence-electron chi connectivity index (χ0n) is 13.5. The summed E-state index contributed by atoms with van der Waals surface area (Å²) < 4.78 is 7.47.